The zero-order valence-electron chi connectivity index (χ0n) is 12.5. The van der Waals surface area contributed by atoms with Gasteiger partial charge in [0.25, 0.3) is 0 Å². The third-order valence-electron chi connectivity index (χ3n) is 3.04. The van der Waals surface area contributed by atoms with Crippen LogP contribution >= 0.6 is 0 Å². The SMILES string of the molecule is Cc1cccc(OCC(O)CNc2ccc(C(F)(F)F)cn2)c1. The number of aliphatic hydroxyl groups is 1. The number of benzene rings is 1. The number of hydrogen-bond acceptors (Lipinski definition) is 4. The summed E-state index contributed by atoms with van der Waals surface area (Å²) in [6.45, 7) is 2.11. The predicted molar refractivity (Wildman–Crippen MR) is 80.4 cm³/mol. The minimum atomic E-state index is -4.41. The molecule has 1 atom stereocenters. The van der Waals surface area contributed by atoms with Crippen molar-refractivity contribution in [2.45, 2.75) is 19.2 Å². The Hall–Kier alpha value is -2.28. The Morgan fingerprint density at radius 1 is 1.26 bits per heavy atom. The highest BCUT2D eigenvalue weighted by molar-refractivity contribution is 5.36. The summed E-state index contributed by atoms with van der Waals surface area (Å²) in [5, 5.41) is 12.6. The maximum atomic E-state index is 12.4. The lowest BCUT2D eigenvalue weighted by molar-refractivity contribution is -0.137. The third-order valence-corrected chi connectivity index (χ3v) is 3.04. The van der Waals surface area contributed by atoms with E-state index in [4.69, 9.17) is 4.74 Å². The molecule has 0 fully saturated rings. The van der Waals surface area contributed by atoms with Crippen molar-refractivity contribution in [3.63, 3.8) is 0 Å². The van der Waals surface area contributed by atoms with Gasteiger partial charge in [0.1, 0.15) is 24.3 Å². The monoisotopic (exact) mass is 326 g/mol. The molecule has 0 amide bonds. The first kappa shape index (κ1) is 17.1. The van der Waals surface area contributed by atoms with Gasteiger partial charge in [-0.15, -0.1) is 0 Å². The summed E-state index contributed by atoms with van der Waals surface area (Å²) < 4.78 is 42.7. The van der Waals surface area contributed by atoms with Gasteiger partial charge in [-0.3, -0.25) is 0 Å². The number of rotatable bonds is 6. The van der Waals surface area contributed by atoms with E-state index in [2.05, 4.69) is 10.3 Å². The number of aryl methyl sites for hydroxylation is 1. The second-order valence-corrected chi connectivity index (χ2v) is 5.09. The Morgan fingerprint density at radius 3 is 2.65 bits per heavy atom. The molecule has 1 aromatic carbocycles. The Kier molecular flexibility index (Phi) is 5.44. The average molecular weight is 326 g/mol. The highest BCUT2D eigenvalue weighted by atomic mass is 19.4. The lowest BCUT2D eigenvalue weighted by Gasteiger charge is -2.14. The van der Waals surface area contributed by atoms with E-state index >= 15 is 0 Å². The van der Waals surface area contributed by atoms with Crippen LogP contribution in [0.3, 0.4) is 0 Å². The van der Waals surface area contributed by atoms with Crippen LogP contribution in [0.25, 0.3) is 0 Å². The lowest BCUT2D eigenvalue weighted by atomic mass is 10.2. The quantitative estimate of drug-likeness (QED) is 0.855. The molecule has 2 aromatic rings. The van der Waals surface area contributed by atoms with Gasteiger partial charge in [-0.1, -0.05) is 12.1 Å². The molecule has 0 spiro atoms. The highest BCUT2D eigenvalue weighted by Gasteiger charge is 2.30. The Balaban J connectivity index is 1.79. The van der Waals surface area contributed by atoms with Gasteiger partial charge in [-0.05, 0) is 36.8 Å². The number of ether oxygens (including phenoxy) is 1. The molecule has 0 aliphatic heterocycles. The number of nitrogens with one attached hydrogen (secondary N) is 1. The van der Waals surface area contributed by atoms with Crippen LogP contribution in [0.5, 0.6) is 5.75 Å². The van der Waals surface area contributed by atoms with Crippen molar-refractivity contribution in [1.29, 1.82) is 0 Å². The van der Waals surface area contributed by atoms with Crippen LogP contribution in [0.4, 0.5) is 19.0 Å². The Bertz CT molecular complexity index is 630. The van der Waals surface area contributed by atoms with Crippen LogP contribution in [0.15, 0.2) is 42.6 Å². The standard InChI is InChI=1S/C16H17F3N2O2/c1-11-3-2-4-14(7-11)23-10-13(22)9-21-15-6-5-12(8-20-15)16(17,18)19/h2-8,13,22H,9-10H2,1H3,(H,20,21). The summed E-state index contributed by atoms with van der Waals surface area (Å²) in [6, 6.07) is 9.56. The molecule has 0 radical (unpaired) electrons. The van der Waals surface area contributed by atoms with Crippen molar-refractivity contribution in [2.24, 2.45) is 0 Å². The number of hydrogen-bond donors (Lipinski definition) is 2. The maximum Gasteiger partial charge on any atom is 0.417 e. The minimum absolute atomic E-state index is 0.0666. The van der Waals surface area contributed by atoms with Crippen molar-refractivity contribution in [3.05, 3.63) is 53.7 Å². The van der Waals surface area contributed by atoms with Gasteiger partial charge in [0.2, 0.25) is 0 Å². The first-order chi connectivity index (χ1) is 10.8. The second kappa shape index (κ2) is 7.32. The molecule has 0 aliphatic rings. The van der Waals surface area contributed by atoms with Crippen molar-refractivity contribution in [1.82, 2.24) is 4.98 Å². The summed E-state index contributed by atoms with van der Waals surface area (Å²) in [6.07, 6.45) is -4.48. The molecule has 23 heavy (non-hydrogen) atoms. The van der Waals surface area contributed by atoms with E-state index in [9.17, 15) is 18.3 Å². The van der Waals surface area contributed by atoms with Crippen LogP contribution in [0, 0.1) is 6.92 Å². The average Bonchev–Trinajstić information content (AvgIpc) is 2.50. The van der Waals surface area contributed by atoms with Gasteiger partial charge in [-0.25, -0.2) is 4.98 Å². The number of aromatic nitrogens is 1. The van der Waals surface area contributed by atoms with Crippen molar-refractivity contribution in [2.75, 3.05) is 18.5 Å². The molecule has 0 bridgehead atoms. The summed E-state index contributed by atoms with van der Waals surface area (Å²) >= 11 is 0. The van der Waals surface area contributed by atoms with Gasteiger partial charge >= 0.3 is 6.18 Å². The zero-order chi connectivity index (χ0) is 16.9. The number of alkyl halides is 3. The molecular weight excluding hydrogens is 309 g/mol. The van der Waals surface area contributed by atoms with E-state index in [1.54, 1.807) is 6.07 Å². The van der Waals surface area contributed by atoms with Gasteiger partial charge in [0.15, 0.2) is 0 Å². The molecule has 1 aromatic heterocycles. The van der Waals surface area contributed by atoms with Crippen LogP contribution in [0.1, 0.15) is 11.1 Å². The highest BCUT2D eigenvalue weighted by Crippen LogP contribution is 2.28. The number of pyridine rings is 1. The van der Waals surface area contributed by atoms with E-state index < -0.39 is 17.8 Å². The number of nitrogens with zero attached hydrogens (tertiary/aromatic N) is 1. The van der Waals surface area contributed by atoms with Crippen LogP contribution in [-0.2, 0) is 6.18 Å². The number of aliphatic hydroxyl groups excluding tert-OH is 1. The predicted octanol–water partition coefficient (Wildman–Crippen LogP) is 3.26. The molecule has 7 heteroatoms. The largest absolute Gasteiger partial charge is 0.491 e. The van der Waals surface area contributed by atoms with Crippen molar-refractivity contribution >= 4 is 5.82 Å². The van der Waals surface area contributed by atoms with Gasteiger partial charge < -0.3 is 15.2 Å². The molecule has 0 saturated heterocycles. The van der Waals surface area contributed by atoms with E-state index in [0.29, 0.717) is 5.75 Å². The maximum absolute atomic E-state index is 12.4. The molecule has 2 N–H and O–H groups in total. The first-order valence-electron chi connectivity index (χ1n) is 6.99. The number of halogens is 3. The van der Waals surface area contributed by atoms with Crippen LogP contribution in [0.2, 0.25) is 0 Å². The fourth-order valence-corrected chi connectivity index (χ4v) is 1.84. The lowest BCUT2D eigenvalue weighted by Crippen LogP contribution is -2.26. The second-order valence-electron chi connectivity index (χ2n) is 5.09. The fourth-order valence-electron chi connectivity index (χ4n) is 1.84. The molecule has 0 saturated carbocycles. The van der Waals surface area contributed by atoms with Crippen LogP contribution < -0.4 is 10.1 Å². The molecule has 1 unspecified atom stereocenters. The van der Waals surface area contributed by atoms with Gasteiger partial charge in [0, 0.05) is 12.7 Å². The molecule has 124 valence electrons. The normalized spacial score (nSPS) is 12.7. The molecule has 2 rings (SSSR count). The topological polar surface area (TPSA) is 54.4 Å². The summed E-state index contributed by atoms with van der Waals surface area (Å²) in [5.41, 5.74) is 0.232. The smallest absolute Gasteiger partial charge is 0.417 e. The Labute approximate surface area is 131 Å². The van der Waals surface area contributed by atoms with Gasteiger partial charge in [-0.2, -0.15) is 13.2 Å². The van der Waals surface area contributed by atoms with E-state index in [0.717, 1.165) is 17.8 Å². The minimum Gasteiger partial charge on any atom is -0.491 e. The van der Waals surface area contributed by atoms with Crippen molar-refractivity contribution < 1.29 is 23.0 Å². The first-order valence-corrected chi connectivity index (χ1v) is 6.99. The molecule has 0 aliphatic carbocycles. The van der Waals surface area contributed by atoms with E-state index in [-0.39, 0.29) is 19.0 Å². The summed E-state index contributed by atoms with van der Waals surface area (Å²) in [4.78, 5) is 3.66. The van der Waals surface area contributed by atoms with Crippen molar-refractivity contribution in [3.8, 4) is 5.75 Å². The molecule has 1 heterocycles. The van der Waals surface area contributed by atoms with Gasteiger partial charge in [0.05, 0.1) is 5.56 Å². The molecule has 4 nitrogen and oxygen atoms in total. The summed E-state index contributed by atoms with van der Waals surface area (Å²) in [7, 11) is 0. The Morgan fingerprint density at radius 2 is 2.04 bits per heavy atom. The van der Waals surface area contributed by atoms with E-state index in [1.165, 1.54) is 6.07 Å². The number of anilines is 1. The zero-order valence-corrected chi connectivity index (χ0v) is 12.5. The summed E-state index contributed by atoms with van der Waals surface area (Å²) in [5.74, 6) is 0.907. The van der Waals surface area contributed by atoms with Crippen LogP contribution in [-0.4, -0.2) is 29.3 Å². The molecular formula is C16H17F3N2O2. The third kappa shape index (κ3) is 5.45. The van der Waals surface area contributed by atoms with E-state index in [1.807, 2.05) is 25.1 Å². The fraction of sp³-hybridized carbons (Fsp3) is 0.312.